The first-order valence-corrected chi connectivity index (χ1v) is 17.9. The summed E-state index contributed by atoms with van der Waals surface area (Å²) in [5.74, 6) is 1.19. The zero-order valence-corrected chi connectivity index (χ0v) is 19.5. The van der Waals surface area contributed by atoms with Gasteiger partial charge >= 0.3 is 0 Å². The summed E-state index contributed by atoms with van der Waals surface area (Å²) < 4.78 is 9.41. The van der Waals surface area contributed by atoms with E-state index < -0.39 is 24.8 Å². The van der Waals surface area contributed by atoms with Crippen LogP contribution in [0.3, 0.4) is 0 Å². The van der Waals surface area contributed by atoms with Crippen LogP contribution in [0.5, 0.6) is 0 Å². The van der Waals surface area contributed by atoms with E-state index in [0.29, 0.717) is 0 Å². The maximum atomic E-state index is 6.64. The van der Waals surface area contributed by atoms with Gasteiger partial charge in [-0.3, -0.25) is 0 Å². The predicted molar refractivity (Wildman–Crippen MR) is 105 cm³/mol. The van der Waals surface area contributed by atoms with Crippen molar-refractivity contribution in [2.75, 3.05) is 0 Å². The van der Waals surface area contributed by atoms with Crippen molar-refractivity contribution in [2.45, 2.75) is 92.0 Å². The van der Waals surface area contributed by atoms with Crippen molar-refractivity contribution in [1.82, 2.24) is 4.23 Å². The van der Waals surface area contributed by atoms with Gasteiger partial charge in [0.1, 0.15) is 16.5 Å². The third-order valence-electron chi connectivity index (χ3n) is 4.49. The molecule has 0 aromatic carbocycles. The van der Waals surface area contributed by atoms with E-state index in [9.17, 15) is 0 Å². The summed E-state index contributed by atoms with van der Waals surface area (Å²) in [5, 5.41) is 0. The van der Waals surface area contributed by atoms with Crippen LogP contribution >= 0.6 is 0 Å². The summed E-state index contributed by atoms with van der Waals surface area (Å²) >= 11 is 0. The Morgan fingerprint density at radius 1 is 0.762 bits per heavy atom. The Balaban J connectivity index is 5.64. The molecule has 21 heavy (non-hydrogen) atoms. The second-order valence-corrected chi connectivity index (χ2v) is 22.9. The lowest BCUT2D eigenvalue weighted by Crippen LogP contribution is -2.58. The Labute approximate surface area is 137 Å². The number of hydrogen-bond acceptors (Lipinski definition) is 2. The fraction of sp³-hybridized carbons (Fsp3) is 0.875. The Morgan fingerprint density at radius 2 is 1.10 bits per heavy atom. The molecule has 0 aliphatic carbocycles. The molecule has 0 heterocycles. The van der Waals surface area contributed by atoms with E-state index in [2.05, 4.69) is 78.1 Å². The highest BCUT2D eigenvalue weighted by Gasteiger charge is 2.37. The van der Waals surface area contributed by atoms with Crippen molar-refractivity contribution >= 4 is 24.8 Å². The monoisotopic (exact) mass is 345 g/mol. The van der Waals surface area contributed by atoms with Gasteiger partial charge in [0.15, 0.2) is 0 Å². The topological polar surface area (TPSA) is 12.5 Å². The van der Waals surface area contributed by atoms with E-state index in [-0.39, 0.29) is 0 Å². The van der Waals surface area contributed by atoms with Gasteiger partial charge in [0, 0.05) is 5.70 Å². The molecule has 0 amide bonds. The van der Waals surface area contributed by atoms with Crippen molar-refractivity contribution in [3.8, 4) is 0 Å². The van der Waals surface area contributed by atoms with E-state index in [1.54, 1.807) is 0 Å². The first kappa shape index (κ1) is 21.0. The highest BCUT2D eigenvalue weighted by molar-refractivity contribution is 6.90. The van der Waals surface area contributed by atoms with Gasteiger partial charge in [-0.15, -0.1) is 0 Å². The average molecular weight is 346 g/mol. The Bertz CT molecular complexity index is 340. The molecule has 0 bridgehead atoms. The van der Waals surface area contributed by atoms with Crippen molar-refractivity contribution < 1.29 is 4.43 Å². The smallest absolute Gasteiger partial charge is 0.250 e. The van der Waals surface area contributed by atoms with Crippen LogP contribution in [0.25, 0.3) is 0 Å². The Morgan fingerprint density at radius 3 is 1.33 bits per heavy atom. The Kier molecular flexibility index (Phi) is 7.50. The molecule has 0 aliphatic rings. The molecule has 0 N–H and O–H groups in total. The van der Waals surface area contributed by atoms with Crippen LogP contribution in [0, 0.1) is 0 Å². The summed E-state index contributed by atoms with van der Waals surface area (Å²) in [4.78, 5) is 0. The molecule has 0 saturated carbocycles. The van der Waals surface area contributed by atoms with Crippen LogP contribution in [0.1, 0.15) is 34.6 Å². The summed E-state index contributed by atoms with van der Waals surface area (Å²) in [6.45, 7) is 26.1. The average Bonchev–Trinajstić information content (AvgIpc) is 2.32. The van der Waals surface area contributed by atoms with Crippen molar-refractivity contribution in [1.29, 1.82) is 0 Å². The van der Waals surface area contributed by atoms with Crippen molar-refractivity contribution in [2.24, 2.45) is 0 Å². The van der Waals surface area contributed by atoms with E-state index in [1.807, 2.05) is 0 Å². The molecular weight excluding hydrogens is 306 g/mol. The van der Waals surface area contributed by atoms with Crippen LogP contribution in [0.2, 0.25) is 57.4 Å². The first-order valence-electron chi connectivity index (χ1n) is 8.51. The van der Waals surface area contributed by atoms with Gasteiger partial charge in [-0.2, -0.15) is 0 Å². The standard InChI is InChI=1S/C16H39NOSi3/c1-12-21(13-2,14-3)18-16(5)15(4)17(19(6,7)8)20(9,10)11/h12-14H2,1-11H3/b16-15-. The second kappa shape index (κ2) is 7.51. The minimum absolute atomic E-state index is 1.19. The van der Waals surface area contributed by atoms with Gasteiger partial charge in [-0.05, 0) is 32.0 Å². The van der Waals surface area contributed by atoms with Gasteiger partial charge in [-0.25, -0.2) is 0 Å². The van der Waals surface area contributed by atoms with Crippen molar-refractivity contribution in [3.63, 3.8) is 0 Å². The zero-order valence-electron chi connectivity index (χ0n) is 16.5. The zero-order chi connectivity index (χ0) is 17.1. The molecule has 0 aromatic heterocycles. The molecule has 0 rings (SSSR count). The summed E-state index contributed by atoms with van der Waals surface area (Å²) in [6, 6.07) is 3.64. The fourth-order valence-corrected chi connectivity index (χ4v) is 16.6. The van der Waals surface area contributed by atoms with Gasteiger partial charge in [0.25, 0.3) is 0 Å². The Hall–Kier alpha value is -0.00935. The molecule has 0 unspecified atom stereocenters. The minimum atomic E-state index is -1.56. The summed E-state index contributed by atoms with van der Waals surface area (Å²) in [7, 11) is -4.32. The maximum absolute atomic E-state index is 6.64. The highest BCUT2D eigenvalue weighted by atomic mass is 28.4. The molecular formula is C16H39NOSi3. The third-order valence-corrected chi connectivity index (χ3v) is 16.5. The number of allylic oxidation sites excluding steroid dienone is 2. The molecule has 0 fully saturated rings. The van der Waals surface area contributed by atoms with E-state index >= 15 is 0 Å². The number of hydrogen-bond donors (Lipinski definition) is 0. The molecule has 126 valence electrons. The molecule has 0 aliphatic heterocycles. The van der Waals surface area contributed by atoms with Crippen LogP contribution in [-0.2, 0) is 4.43 Å². The molecule has 0 spiro atoms. The largest absolute Gasteiger partial charge is 0.545 e. The quantitative estimate of drug-likeness (QED) is 0.382. The fourth-order valence-electron chi connectivity index (χ4n) is 3.54. The van der Waals surface area contributed by atoms with E-state index in [1.165, 1.54) is 29.6 Å². The van der Waals surface area contributed by atoms with Gasteiger partial charge in [0.2, 0.25) is 8.32 Å². The highest BCUT2D eigenvalue weighted by Crippen LogP contribution is 2.30. The molecule has 0 atom stereocenters. The van der Waals surface area contributed by atoms with Crippen LogP contribution in [0.15, 0.2) is 11.5 Å². The SMILES string of the molecule is CC[Si](CC)(CC)O/C(C)=C(/C)N([Si](C)(C)C)[Si](C)(C)C. The lowest BCUT2D eigenvalue weighted by atomic mass is 10.4. The van der Waals surface area contributed by atoms with Gasteiger partial charge in [0.05, 0.1) is 5.76 Å². The molecule has 0 radical (unpaired) electrons. The molecule has 0 aromatic rings. The van der Waals surface area contributed by atoms with E-state index in [0.717, 1.165) is 0 Å². The molecule has 0 saturated heterocycles. The minimum Gasteiger partial charge on any atom is -0.545 e. The van der Waals surface area contributed by atoms with Crippen LogP contribution < -0.4 is 0 Å². The summed E-state index contributed by atoms with van der Waals surface area (Å²) in [6.07, 6.45) is 0. The van der Waals surface area contributed by atoms with Crippen LogP contribution in [-0.4, -0.2) is 29.0 Å². The van der Waals surface area contributed by atoms with Crippen molar-refractivity contribution in [3.05, 3.63) is 11.5 Å². The lowest BCUT2D eigenvalue weighted by molar-refractivity contribution is 0.390. The predicted octanol–water partition coefficient (Wildman–Crippen LogP) is 6.23. The summed E-state index contributed by atoms with van der Waals surface area (Å²) in [5.41, 5.74) is 1.40. The van der Waals surface area contributed by atoms with E-state index in [4.69, 9.17) is 4.43 Å². The van der Waals surface area contributed by atoms with Gasteiger partial charge in [-0.1, -0.05) is 60.1 Å². The third kappa shape index (κ3) is 5.60. The second-order valence-electron chi connectivity index (χ2n) is 8.16. The number of nitrogens with zero attached hydrogens (tertiary/aromatic N) is 1. The number of rotatable bonds is 8. The van der Waals surface area contributed by atoms with Gasteiger partial charge < -0.3 is 8.66 Å². The maximum Gasteiger partial charge on any atom is 0.250 e. The van der Waals surface area contributed by atoms with Crippen LogP contribution in [0.4, 0.5) is 0 Å². The first-order chi connectivity index (χ1) is 9.34. The lowest BCUT2D eigenvalue weighted by Gasteiger charge is -2.47. The normalized spacial score (nSPS) is 14.8. The molecule has 2 nitrogen and oxygen atoms in total. The molecule has 5 heteroatoms.